The second kappa shape index (κ2) is 12.8. The van der Waals surface area contributed by atoms with E-state index in [1.807, 2.05) is 19.1 Å². The lowest BCUT2D eigenvalue weighted by atomic mass is 10.0. The highest BCUT2D eigenvalue weighted by Crippen LogP contribution is 2.22. The third-order valence-electron chi connectivity index (χ3n) is 4.85. The molecule has 0 bridgehead atoms. The van der Waals surface area contributed by atoms with Crippen LogP contribution in [0.15, 0.2) is 24.3 Å². The van der Waals surface area contributed by atoms with Crippen LogP contribution in [0.2, 0.25) is 0 Å². The summed E-state index contributed by atoms with van der Waals surface area (Å²) in [4.78, 5) is 51.5. The molecule has 4 amide bonds. The molecule has 0 aliphatic heterocycles. The van der Waals surface area contributed by atoms with Crippen LogP contribution in [0.3, 0.4) is 0 Å². The van der Waals surface area contributed by atoms with Gasteiger partial charge in [0.05, 0.1) is 6.42 Å². The highest BCUT2D eigenvalue weighted by Gasteiger charge is 2.34. The second-order valence-corrected chi connectivity index (χ2v) is 9.13. The van der Waals surface area contributed by atoms with E-state index in [-0.39, 0.29) is 5.91 Å². The molecule has 0 heterocycles. The molecule has 0 aliphatic rings. The molecule has 4 N–H and O–H groups in total. The van der Waals surface area contributed by atoms with Crippen LogP contribution < -0.4 is 16.4 Å². The number of benzene rings is 1. The third-order valence-corrected chi connectivity index (χ3v) is 4.85. The number of nitrogens with two attached hydrogens (primary N) is 1. The van der Waals surface area contributed by atoms with Crippen LogP contribution in [0, 0.1) is 6.92 Å². The number of rotatable bonds is 11. The molecule has 9 nitrogen and oxygen atoms in total. The molecule has 0 fully saturated rings. The molecular formula is C24H38N4O5. The molecule has 1 aromatic carbocycles. The van der Waals surface area contributed by atoms with Gasteiger partial charge in [-0.2, -0.15) is 0 Å². The van der Waals surface area contributed by atoms with Crippen molar-refractivity contribution in [3.8, 4) is 0 Å². The summed E-state index contributed by atoms with van der Waals surface area (Å²) in [6.45, 7) is 9.52. The first kappa shape index (κ1) is 27.9. The quantitative estimate of drug-likeness (QED) is 0.435. The molecule has 0 saturated heterocycles. The van der Waals surface area contributed by atoms with Crippen LogP contribution >= 0.6 is 0 Å². The van der Waals surface area contributed by atoms with Crippen molar-refractivity contribution in [2.24, 2.45) is 5.73 Å². The molecule has 0 aromatic heterocycles. The lowest BCUT2D eigenvalue weighted by molar-refractivity contribution is -0.141. The van der Waals surface area contributed by atoms with E-state index in [1.54, 1.807) is 32.9 Å². The topological polar surface area (TPSA) is 131 Å². The number of amides is 4. The summed E-state index contributed by atoms with van der Waals surface area (Å²) < 4.78 is 5.21. The van der Waals surface area contributed by atoms with Gasteiger partial charge in [-0.25, -0.2) is 4.79 Å². The average molecular weight is 463 g/mol. The van der Waals surface area contributed by atoms with Gasteiger partial charge in [-0.1, -0.05) is 49.6 Å². The van der Waals surface area contributed by atoms with Gasteiger partial charge in [-0.05, 0) is 39.7 Å². The van der Waals surface area contributed by atoms with Crippen molar-refractivity contribution in [1.29, 1.82) is 0 Å². The van der Waals surface area contributed by atoms with Crippen LogP contribution in [-0.4, -0.2) is 54.0 Å². The Kier molecular flexibility index (Phi) is 10.8. The van der Waals surface area contributed by atoms with Crippen molar-refractivity contribution in [3.63, 3.8) is 0 Å². The SMILES string of the molecule is CCCCCNC(=O)C(c1ccc(C)cc1)N(C)C(=O)C(CC(N)=O)NC(=O)OC(C)(C)C. The van der Waals surface area contributed by atoms with Crippen molar-refractivity contribution in [3.05, 3.63) is 35.4 Å². The van der Waals surface area contributed by atoms with Crippen molar-refractivity contribution in [1.82, 2.24) is 15.5 Å². The van der Waals surface area contributed by atoms with E-state index >= 15 is 0 Å². The Labute approximate surface area is 196 Å². The number of unbranched alkanes of at least 4 members (excludes halogenated alkanes) is 2. The van der Waals surface area contributed by atoms with Crippen molar-refractivity contribution in [2.75, 3.05) is 13.6 Å². The Bertz CT molecular complexity index is 817. The number of carbonyl (C=O) groups is 4. The molecular weight excluding hydrogens is 424 g/mol. The van der Waals surface area contributed by atoms with Crippen LogP contribution in [0.4, 0.5) is 4.79 Å². The number of alkyl carbamates (subject to hydrolysis) is 1. The van der Waals surface area contributed by atoms with Gasteiger partial charge in [0, 0.05) is 13.6 Å². The van der Waals surface area contributed by atoms with Crippen LogP contribution in [0.1, 0.15) is 70.5 Å². The Balaban J connectivity index is 3.16. The Hall–Kier alpha value is -3.10. The van der Waals surface area contributed by atoms with E-state index < -0.39 is 42.0 Å². The van der Waals surface area contributed by atoms with E-state index in [2.05, 4.69) is 17.6 Å². The molecule has 1 aromatic rings. The smallest absolute Gasteiger partial charge is 0.408 e. The number of hydrogen-bond acceptors (Lipinski definition) is 5. The zero-order valence-electron chi connectivity index (χ0n) is 20.6. The third kappa shape index (κ3) is 9.93. The van der Waals surface area contributed by atoms with Gasteiger partial charge in [0.15, 0.2) is 0 Å². The molecule has 2 atom stereocenters. The molecule has 1 rings (SSSR count). The van der Waals surface area contributed by atoms with E-state index in [0.29, 0.717) is 12.1 Å². The van der Waals surface area contributed by atoms with Crippen molar-refractivity contribution >= 4 is 23.8 Å². The number of carbonyl (C=O) groups excluding carboxylic acids is 4. The highest BCUT2D eigenvalue weighted by atomic mass is 16.6. The zero-order chi connectivity index (χ0) is 25.2. The summed E-state index contributed by atoms with van der Waals surface area (Å²) >= 11 is 0. The zero-order valence-corrected chi connectivity index (χ0v) is 20.6. The van der Waals surface area contributed by atoms with Crippen LogP contribution in [0.25, 0.3) is 0 Å². The summed E-state index contributed by atoms with van der Waals surface area (Å²) in [5.41, 5.74) is 6.14. The summed E-state index contributed by atoms with van der Waals surface area (Å²) in [5.74, 6) is -1.75. The van der Waals surface area contributed by atoms with Gasteiger partial charge >= 0.3 is 6.09 Å². The van der Waals surface area contributed by atoms with Crippen LogP contribution in [0.5, 0.6) is 0 Å². The Morgan fingerprint density at radius 1 is 1.09 bits per heavy atom. The van der Waals surface area contributed by atoms with E-state index in [1.165, 1.54) is 11.9 Å². The minimum atomic E-state index is -1.27. The highest BCUT2D eigenvalue weighted by molar-refractivity contribution is 5.94. The van der Waals surface area contributed by atoms with Gasteiger partial charge in [0.2, 0.25) is 17.7 Å². The van der Waals surface area contributed by atoms with Crippen LogP contribution in [-0.2, 0) is 19.1 Å². The van der Waals surface area contributed by atoms with E-state index in [0.717, 1.165) is 24.8 Å². The largest absolute Gasteiger partial charge is 0.444 e. The number of likely N-dealkylation sites (N-methyl/N-ethyl adjacent to an activating group) is 1. The Morgan fingerprint density at radius 3 is 2.21 bits per heavy atom. The minimum Gasteiger partial charge on any atom is -0.444 e. The number of ether oxygens (including phenoxy) is 1. The summed E-state index contributed by atoms with van der Waals surface area (Å²) in [6.07, 6.45) is 1.53. The molecule has 33 heavy (non-hydrogen) atoms. The molecule has 0 radical (unpaired) electrons. The molecule has 2 unspecified atom stereocenters. The molecule has 0 spiro atoms. The number of nitrogens with one attached hydrogen (secondary N) is 2. The number of aryl methyl sites for hydroxylation is 1. The fourth-order valence-corrected chi connectivity index (χ4v) is 3.21. The number of nitrogens with zero attached hydrogens (tertiary/aromatic N) is 1. The van der Waals surface area contributed by atoms with Crippen molar-refractivity contribution < 1.29 is 23.9 Å². The lowest BCUT2D eigenvalue weighted by Gasteiger charge is -2.31. The normalized spacial score (nSPS) is 12.9. The first-order chi connectivity index (χ1) is 15.4. The molecule has 0 saturated carbocycles. The summed E-state index contributed by atoms with van der Waals surface area (Å²) in [5, 5.41) is 5.30. The molecule has 0 aliphatic carbocycles. The predicted octanol–water partition coefficient (Wildman–Crippen LogP) is 2.57. The lowest BCUT2D eigenvalue weighted by Crippen LogP contribution is -2.52. The first-order valence-corrected chi connectivity index (χ1v) is 11.2. The maximum atomic E-state index is 13.3. The first-order valence-electron chi connectivity index (χ1n) is 11.2. The summed E-state index contributed by atoms with van der Waals surface area (Å²) in [6, 6.07) is 5.04. The average Bonchev–Trinajstić information content (AvgIpc) is 2.70. The minimum absolute atomic E-state index is 0.346. The van der Waals surface area contributed by atoms with E-state index in [9.17, 15) is 19.2 Å². The van der Waals surface area contributed by atoms with Gasteiger partial charge in [-0.3, -0.25) is 14.4 Å². The maximum absolute atomic E-state index is 13.3. The number of hydrogen-bond donors (Lipinski definition) is 3. The van der Waals surface area contributed by atoms with E-state index in [4.69, 9.17) is 10.5 Å². The predicted molar refractivity (Wildman–Crippen MR) is 126 cm³/mol. The second-order valence-electron chi connectivity index (χ2n) is 9.13. The molecule has 184 valence electrons. The fraction of sp³-hybridized carbons (Fsp3) is 0.583. The monoisotopic (exact) mass is 462 g/mol. The van der Waals surface area contributed by atoms with Gasteiger partial charge < -0.3 is 26.0 Å². The maximum Gasteiger partial charge on any atom is 0.408 e. The van der Waals surface area contributed by atoms with Gasteiger partial charge in [0.1, 0.15) is 17.7 Å². The van der Waals surface area contributed by atoms with Gasteiger partial charge in [-0.15, -0.1) is 0 Å². The summed E-state index contributed by atoms with van der Waals surface area (Å²) in [7, 11) is 1.46. The standard InChI is InChI=1S/C24H38N4O5/c1-7-8-9-14-26-21(30)20(17-12-10-16(2)11-13-17)28(6)22(31)18(15-19(25)29)27-23(32)33-24(3,4)5/h10-13,18,20H,7-9,14-15H2,1-6H3,(H2,25,29)(H,26,30)(H,27,32). The van der Waals surface area contributed by atoms with Crippen molar-refractivity contribution in [2.45, 2.75) is 78.0 Å². The fourth-order valence-electron chi connectivity index (χ4n) is 3.21. The number of primary amides is 1. The molecule has 9 heteroatoms. The van der Waals surface area contributed by atoms with Gasteiger partial charge in [0.25, 0.3) is 0 Å². The Morgan fingerprint density at radius 2 is 1.70 bits per heavy atom.